The molecule has 1 atom stereocenters. The van der Waals surface area contributed by atoms with Gasteiger partial charge in [0, 0.05) is 24.4 Å². The lowest BCUT2D eigenvalue weighted by Gasteiger charge is -2.38. The van der Waals surface area contributed by atoms with Crippen LogP contribution in [0.5, 0.6) is 0 Å². The number of aromatic nitrogens is 2. The molecule has 112 valence electrons. The van der Waals surface area contributed by atoms with Gasteiger partial charge in [-0.25, -0.2) is 15.0 Å². The van der Waals surface area contributed by atoms with Crippen LogP contribution in [0.15, 0.2) is 41.9 Å². The normalized spacial score (nSPS) is 23.5. The summed E-state index contributed by atoms with van der Waals surface area (Å²) in [6.07, 6.45) is 9.17. The van der Waals surface area contributed by atoms with E-state index in [1.165, 1.54) is 16.7 Å². The van der Waals surface area contributed by atoms with Crippen molar-refractivity contribution >= 4 is 6.02 Å². The third-order valence-corrected chi connectivity index (χ3v) is 4.67. The van der Waals surface area contributed by atoms with Gasteiger partial charge in [-0.3, -0.25) is 0 Å². The Labute approximate surface area is 129 Å². The molecule has 2 heterocycles. The lowest BCUT2D eigenvalue weighted by molar-refractivity contribution is 0.195. The molecule has 4 rings (SSSR count). The average Bonchev–Trinajstić information content (AvgIpc) is 2.55. The van der Waals surface area contributed by atoms with Gasteiger partial charge in [0.15, 0.2) is 0 Å². The van der Waals surface area contributed by atoms with Gasteiger partial charge in [-0.15, -0.1) is 0 Å². The molecule has 0 saturated heterocycles. The van der Waals surface area contributed by atoms with Crippen molar-refractivity contribution in [1.82, 2.24) is 9.97 Å². The first-order valence-corrected chi connectivity index (χ1v) is 7.60. The first-order chi connectivity index (χ1) is 10.8. The lowest BCUT2D eigenvalue weighted by atomic mass is 9.74. The van der Waals surface area contributed by atoms with E-state index in [1.807, 2.05) is 12.4 Å². The van der Waals surface area contributed by atoms with E-state index in [2.05, 4.69) is 33.2 Å². The fourth-order valence-electron chi connectivity index (χ4n) is 3.58. The molecule has 2 N–H and O–H groups in total. The SMILES string of the molecule is NC1=NC2(CCO1)CCc1c(cccc1-c1cncnc1)C2. The minimum atomic E-state index is -0.0822. The summed E-state index contributed by atoms with van der Waals surface area (Å²) in [4.78, 5) is 12.9. The van der Waals surface area contributed by atoms with Crippen LogP contribution in [0.2, 0.25) is 0 Å². The van der Waals surface area contributed by atoms with Crippen LogP contribution in [0.3, 0.4) is 0 Å². The van der Waals surface area contributed by atoms with E-state index < -0.39 is 0 Å². The number of aliphatic imine (C=N–C) groups is 1. The number of benzene rings is 1. The van der Waals surface area contributed by atoms with E-state index in [-0.39, 0.29) is 5.54 Å². The Bertz CT molecular complexity index is 729. The van der Waals surface area contributed by atoms with Gasteiger partial charge in [0.1, 0.15) is 6.33 Å². The number of nitrogens with two attached hydrogens (primary N) is 1. The van der Waals surface area contributed by atoms with Crippen LogP contribution in [0.1, 0.15) is 24.0 Å². The summed E-state index contributed by atoms with van der Waals surface area (Å²) in [7, 11) is 0. The molecule has 2 aromatic rings. The Kier molecular flexibility index (Phi) is 3.06. The average molecular weight is 294 g/mol. The highest BCUT2D eigenvalue weighted by Gasteiger charge is 2.37. The minimum absolute atomic E-state index is 0.0822. The summed E-state index contributed by atoms with van der Waals surface area (Å²) in [5, 5.41) is 0. The zero-order chi connectivity index (χ0) is 15.0. The van der Waals surface area contributed by atoms with Crippen molar-refractivity contribution in [1.29, 1.82) is 0 Å². The number of fused-ring (bicyclic) bond motifs is 1. The summed E-state index contributed by atoms with van der Waals surface area (Å²) in [5.41, 5.74) is 10.8. The number of hydrogen-bond donors (Lipinski definition) is 1. The first-order valence-electron chi connectivity index (χ1n) is 7.60. The summed E-state index contributed by atoms with van der Waals surface area (Å²) in [6, 6.07) is 6.79. The number of ether oxygens (including phenoxy) is 1. The van der Waals surface area contributed by atoms with Crippen molar-refractivity contribution in [2.45, 2.75) is 31.2 Å². The fourth-order valence-corrected chi connectivity index (χ4v) is 3.58. The second-order valence-electron chi connectivity index (χ2n) is 6.02. The van der Waals surface area contributed by atoms with E-state index in [4.69, 9.17) is 10.5 Å². The largest absolute Gasteiger partial charge is 0.465 e. The maximum Gasteiger partial charge on any atom is 0.282 e. The van der Waals surface area contributed by atoms with Crippen LogP contribution in [-0.4, -0.2) is 28.1 Å². The van der Waals surface area contributed by atoms with Crippen molar-refractivity contribution in [2.75, 3.05) is 6.61 Å². The van der Waals surface area contributed by atoms with Crippen molar-refractivity contribution in [3.63, 3.8) is 0 Å². The highest BCUT2D eigenvalue weighted by Crippen LogP contribution is 2.39. The molecule has 0 saturated carbocycles. The van der Waals surface area contributed by atoms with Crippen LogP contribution in [0, 0.1) is 0 Å². The minimum Gasteiger partial charge on any atom is -0.465 e. The Hall–Kier alpha value is -2.43. The molecule has 0 amide bonds. The Morgan fingerprint density at radius 2 is 2.00 bits per heavy atom. The van der Waals surface area contributed by atoms with E-state index in [9.17, 15) is 0 Å². The fraction of sp³-hybridized carbons (Fsp3) is 0.353. The van der Waals surface area contributed by atoms with E-state index in [0.717, 1.165) is 31.2 Å². The third kappa shape index (κ3) is 2.22. The molecule has 1 aliphatic carbocycles. The molecule has 0 radical (unpaired) electrons. The molecule has 1 aromatic carbocycles. The molecular formula is C17H18N4O. The topological polar surface area (TPSA) is 73.4 Å². The summed E-state index contributed by atoms with van der Waals surface area (Å²) >= 11 is 0. The number of amidine groups is 1. The summed E-state index contributed by atoms with van der Waals surface area (Å²) < 4.78 is 5.30. The molecule has 1 aromatic heterocycles. The molecular weight excluding hydrogens is 276 g/mol. The second-order valence-corrected chi connectivity index (χ2v) is 6.02. The van der Waals surface area contributed by atoms with E-state index in [1.54, 1.807) is 6.33 Å². The molecule has 22 heavy (non-hydrogen) atoms. The van der Waals surface area contributed by atoms with Gasteiger partial charge in [0.2, 0.25) is 0 Å². The predicted molar refractivity (Wildman–Crippen MR) is 84.4 cm³/mol. The van der Waals surface area contributed by atoms with Crippen LogP contribution < -0.4 is 5.73 Å². The number of hydrogen-bond acceptors (Lipinski definition) is 5. The first kappa shape index (κ1) is 13.2. The predicted octanol–water partition coefficient (Wildman–Crippen LogP) is 2.11. The maximum atomic E-state index is 5.79. The summed E-state index contributed by atoms with van der Waals surface area (Å²) in [6.45, 7) is 0.664. The van der Waals surface area contributed by atoms with Crippen molar-refractivity contribution in [2.24, 2.45) is 10.7 Å². The van der Waals surface area contributed by atoms with Crippen molar-refractivity contribution < 1.29 is 4.74 Å². The highest BCUT2D eigenvalue weighted by atomic mass is 16.5. The summed E-state index contributed by atoms with van der Waals surface area (Å²) in [5.74, 6) is 0. The van der Waals surface area contributed by atoms with Crippen molar-refractivity contribution in [3.05, 3.63) is 48.0 Å². The Morgan fingerprint density at radius 3 is 2.82 bits per heavy atom. The van der Waals surface area contributed by atoms with Crippen LogP contribution in [0.25, 0.3) is 11.1 Å². The van der Waals surface area contributed by atoms with E-state index >= 15 is 0 Å². The monoisotopic (exact) mass is 294 g/mol. The molecule has 0 fully saturated rings. The van der Waals surface area contributed by atoms with Crippen LogP contribution in [0.4, 0.5) is 0 Å². The van der Waals surface area contributed by atoms with Gasteiger partial charge < -0.3 is 10.5 Å². The second kappa shape index (κ2) is 5.09. The molecule has 1 aliphatic heterocycles. The van der Waals surface area contributed by atoms with Gasteiger partial charge in [0.05, 0.1) is 12.1 Å². The molecule has 5 heteroatoms. The molecule has 1 spiro atoms. The van der Waals surface area contributed by atoms with Gasteiger partial charge in [-0.05, 0) is 36.0 Å². The molecule has 1 unspecified atom stereocenters. The van der Waals surface area contributed by atoms with Gasteiger partial charge >= 0.3 is 0 Å². The van der Waals surface area contributed by atoms with Crippen LogP contribution in [-0.2, 0) is 17.6 Å². The third-order valence-electron chi connectivity index (χ3n) is 4.67. The molecule has 2 aliphatic rings. The zero-order valence-electron chi connectivity index (χ0n) is 12.3. The highest BCUT2D eigenvalue weighted by molar-refractivity contribution is 5.73. The van der Waals surface area contributed by atoms with Gasteiger partial charge in [0.25, 0.3) is 6.02 Å². The zero-order valence-corrected chi connectivity index (χ0v) is 12.3. The Morgan fingerprint density at radius 1 is 1.14 bits per heavy atom. The quantitative estimate of drug-likeness (QED) is 0.874. The molecule has 0 bridgehead atoms. The Balaban J connectivity index is 1.74. The number of nitrogens with zero attached hydrogens (tertiary/aromatic N) is 3. The van der Waals surface area contributed by atoms with Gasteiger partial charge in [-0.2, -0.15) is 0 Å². The van der Waals surface area contributed by atoms with Crippen molar-refractivity contribution in [3.8, 4) is 11.1 Å². The van der Waals surface area contributed by atoms with Gasteiger partial charge in [-0.1, -0.05) is 18.2 Å². The lowest BCUT2D eigenvalue weighted by Crippen LogP contribution is -2.42. The number of rotatable bonds is 1. The smallest absolute Gasteiger partial charge is 0.282 e. The van der Waals surface area contributed by atoms with Crippen LogP contribution >= 0.6 is 0 Å². The standard InChI is InChI=1S/C17H18N4O/c18-16-21-17(6-7-22-16)5-4-15-12(8-17)2-1-3-14(15)13-9-19-11-20-10-13/h1-3,9-11H,4-8H2,(H2,18,21). The van der Waals surface area contributed by atoms with E-state index in [0.29, 0.717) is 12.6 Å². The maximum absolute atomic E-state index is 5.79. The molecule has 5 nitrogen and oxygen atoms in total.